The second kappa shape index (κ2) is 5.71. The van der Waals surface area contributed by atoms with Gasteiger partial charge in [-0.1, -0.05) is 35.7 Å². The van der Waals surface area contributed by atoms with Crippen LogP contribution in [0.3, 0.4) is 0 Å². The molecule has 0 aromatic rings. The number of hydrogen-bond donors (Lipinski definition) is 0. The first-order valence-corrected chi connectivity index (χ1v) is 6.76. The second-order valence-corrected chi connectivity index (χ2v) is 5.29. The molecular weight excluding hydrogens is 285 g/mol. The summed E-state index contributed by atoms with van der Waals surface area (Å²) in [6.45, 7) is 1.91. The Hall–Kier alpha value is 0.230. The van der Waals surface area contributed by atoms with Gasteiger partial charge in [-0.3, -0.25) is 0 Å². The van der Waals surface area contributed by atoms with E-state index in [9.17, 15) is 13.2 Å². The standard InChI is InChI=1S/C11H18BrF3O/c1-9-3-2-4-10(7-9,8-12)16-6-5-11(13,14)15/h9H,2-8H2,1H3. The summed E-state index contributed by atoms with van der Waals surface area (Å²) in [6, 6.07) is 0. The van der Waals surface area contributed by atoms with Crippen molar-refractivity contribution in [2.24, 2.45) is 5.92 Å². The highest BCUT2D eigenvalue weighted by Crippen LogP contribution is 2.37. The van der Waals surface area contributed by atoms with Gasteiger partial charge in [0.2, 0.25) is 0 Å². The van der Waals surface area contributed by atoms with Gasteiger partial charge in [-0.05, 0) is 18.8 Å². The maximum absolute atomic E-state index is 12.0. The molecule has 0 heterocycles. The minimum atomic E-state index is -4.12. The Morgan fingerprint density at radius 3 is 2.62 bits per heavy atom. The molecule has 1 fully saturated rings. The van der Waals surface area contributed by atoms with Gasteiger partial charge < -0.3 is 4.74 Å². The summed E-state index contributed by atoms with van der Waals surface area (Å²) in [5.74, 6) is 0.539. The van der Waals surface area contributed by atoms with Crippen LogP contribution in [0.25, 0.3) is 0 Å². The SMILES string of the molecule is CC1CCCC(CBr)(OCCC(F)(F)F)C1. The van der Waals surface area contributed by atoms with Crippen LogP contribution in [-0.2, 0) is 4.74 Å². The Bertz CT molecular complexity index is 220. The van der Waals surface area contributed by atoms with Crippen molar-refractivity contribution in [3.8, 4) is 0 Å². The van der Waals surface area contributed by atoms with Gasteiger partial charge >= 0.3 is 6.18 Å². The molecular formula is C11H18BrF3O. The average molecular weight is 303 g/mol. The van der Waals surface area contributed by atoms with Crippen LogP contribution in [0.5, 0.6) is 0 Å². The lowest BCUT2D eigenvalue weighted by Gasteiger charge is -2.38. The molecule has 1 aliphatic carbocycles. The number of halogens is 4. The molecule has 5 heteroatoms. The lowest BCUT2D eigenvalue weighted by molar-refractivity contribution is -0.160. The predicted octanol–water partition coefficient (Wildman–Crippen LogP) is 4.30. The predicted molar refractivity (Wildman–Crippen MR) is 60.8 cm³/mol. The van der Waals surface area contributed by atoms with Crippen molar-refractivity contribution in [3.63, 3.8) is 0 Å². The summed E-state index contributed by atoms with van der Waals surface area (Å²) in [5, 5.41) is 0.627. The molecule has 1 nitrogen and oxygen atoms in total. The van der Waals surface area contributed by atoms with Crippen LogP contribution in [0.4, 0.5) is 13.2 Å². The Kier molecular flexibility index (Phi) is 5.10. The Morgan fingerprint density at radius 2 is 2.12 bits per heavy atom. The largest absolute Gasteiger partial charge is 0.391 e. The summed E-state index contributed by atoms with van der Waals surface area (Å²) in [6.07, 6.45) is -1.06. The lowest BCUT2D eigenvalue weighted by Crippen LogP contribution is -2.40. The van der Waals surface area contributed by atoms with E-state index in [0.717, 1.165) is 25.7 Å². The molecule has 0 saturated heterocycles. The van der Waals surface area contributed by atoms with Gasteiger partial charge in [0.1, 0.15) is 0 Å². The third kappa shape index (κ3) is 4.62. The van der Waals surface area contributed by atoms with Gasteiger partial charge in [0.15, 0.2) is 0 Å². The summed E-state index contributed by atoms with van der Waals surface area (Å²) in [4.78, 5) is 0. The van der Waals surface area contributed by atoms with Gasteiger partial charge in [-0.15, -0.1) is 0 Å². The van der Waals surface area contributed by atoms with E-state index in [2.05, 4.69) is 22.9 Å². The number of ether oxygens (including phenoxy) is 1. The third-order valence-corrected chi connectivity index (χ3v) is 4.11. The van der Waals surface area contributed by atoms with Crippen LogP contribution in [0.1, 0.15) is 39.0 Å². The van der Waals surface area contributed by atoms with Crippen LogP contribution >= 0.6 is 15.9 Å². The smallest absolute Gasteiger partial charge is 0.374 e. The van der Waals surface area contributed by atoms with Crippen LogP contribution in [0, 0.1) is 5.92 Å². The minimum Gasteiger partial charge on any atom is -0.374 e. The van der Waals surface area contributed by atoms with E-state index in [1.807, 2.05) is 0 Å². The molecule has 0 spiro atoms. The fraction of sp³-hybridized carbons (Fsp3) is 1.00. The number of rotatable bonds is 4. The van der Waals surface area contributed by atoms with E-state index >= 15 is 0 Å². The minimum absolute atomic E-state index is 0.220. The number of hydrogen-bond acceptors (Lipinski definition) is 1. The molecule has 0 aliphatic heterocycles. The van der Waals surface area contributed by atoms with E-state index < -0.39 is 12.6 Å². The topological polar surface area (TPSA) is 9.23 Å². The number of alkyl halides is 4. The van der Waals surface area contributed by atoms with Gasteiger partial charge in [-0.2, -0.15) is 13.2 Å². The molecule has 16 heavy (non-hydrogen) atoms. The molecule has 1 aliphatic rings. The van der Waals surface area contributed by atoms with Gasteiger partial charge in [0.25, 0.3) is 0 Å². The summed E-state index contributed by atoms with van der Waals surface area (Å²) >= 11 is 3.37. The van der Waals surface area contributed by atoms with Crippen molar-refractivity contribution in [1.29, 1.82) is 0 Å². The van der Waals surface area contributed by atoms with Gasteiger partial charge in [-0.25, -0.2) is 0 Å². The van der Waals surface area contributed by atoms with Crippen molar-refractivity contribution in [2.45, 2.75) is 50.8 Å². The summed E-state index contributed by atoms with van der Waals surface area (Å²) in [5.41, 5.74) is -0.372. The fourth-order valence-electron chi connectivity index (χ4n) is 2.29. The highest BCUT2D eigenvalue weighted by atomic mass is 79.9. The zero-order valence-electron chi connectivity index (χ0n) is 9.45. The fourth-order valence-corrected chi connectivity index (χ4v) is 2.96. The summed E-state index contributed by atoms with van der Waals surface area (Å²) in [7, 11) is 0. The van der Waals surface area contributed by atoms with Crippen LogP contribution < -0.4 is 0 Å². The van der Waals surface area contributed by atoms with E-state index in [4.69, 9.17) is 4.74 Å². The molecule has 0 N–H and O–H groups in total. The first kappa shape index (κ1) is 14.3. The first-order valence-electron chi connectivity index (χ1n) is 5.64. The normalized spacial score (nSPS) is 31.7. The Labute approximate surface area is 103 Å². The van der Waals surface area contributed by atoms with E-state index in [1.54, 1.807) is 0 Å². The van der Waals surface area contributed by atoms with Crippen molar-refractivity contribution in [3.05, 3.63) is 0 Å². The first-order chi connectivity index (χ1) is 7.37. The van der Waals surface area contributed by atoms with Gasteiger partial charge in [0.05, 0.1) is 18.6 Å². The van der Waals surface area contributed by atoms with E-state index in [1.165, 1.54) is 0 Å². The molecule has 0 bridgehead atoms. The van der Waals surface area contributed by atoms with Crippen molar-refractivity contribution < 1.29 is 17.9 Å². The van der Waals surface area contributed by atoms with Crippen LogP contribution in [-0.4, -0.2) is 23.7 Å². The molecule has 0 radical (unpaired) electrons. The van der Waals surface area contributed by atoms with Crippen LogP contribution in [0.15, 0.2) is 0 Å². The molecule has 2 unspecified atom stereocenters. The lowest BCUT2D eigenvalue weighted by atomic mass is 9.80. The van der Waals surface area contributed by atoms with Gasteiger partial charge in [0, 0.05) is 5.33 Å². The maximum atomic E-state index is 12.0. The average Bonchev–Trinajstić information content (AvgIpc) is 2.16. The van der Waals surface area contributed by atoms with Crippen molar-refractivity contribution in [2.75, 3.05) is 11.9 Å². The van der Waals surface area contributed by atoms with E-state index in [0.29, 0.717) is 11.2 Å². The quantitative estimate of drug-likeness (QED) is 0.704. The Morgan fingerprint density at radius 1 is 1.44 bits per heavy atom. The molecule has 0 aromatic heterocycles. The molecule has 1 rings (SSSR count). The maximum Gasteiger partial charge on any atom is 0.391 e. The van der Waals surface area contributed by atoms with Crippen LogP contribution in [0.2, 0.25) is 0 Å². The third-order valence-electron chi connectivity index (χ3n) is 3.09. The zero-order chi connectivity index (χ0) is 12.2. The molecule has 0 amide bonds. The molecule has 2 atom stereocenters. The summed E-state index contributed by atoms with van der Waals surface area (Å²) < 4.78 is 41.6. The highest BCUT2D eigenvalue weighted by molar-refractivity contribution is 9.09. The molecule has 0 aromatic carbocycles. The second-order valence-electron chi connectivity index (χ2n) is 4.73. The monoisotopic (exact) mass is 302 g/mol. The Balaban J connectivity index is 2.41. The highest BCUT2D eigenvalue weighted by Gasteiger charge is 2.36. The molecule has 96 valence electrons. The van der Waals surface area contributed by atoms with E-state index in [-0.39, 0.29) is 12.2 Å². The van der Waals surface area contributed by atoms with Crippen molar-refractivity contribution in [1.82, 2.24) is 0 Å². The van der Waals surface area contributed by atoms with Crippen molar-refractivity contribution >= 4 is 15.9 Å². The zero-order valence-corrected chi connectivity index (χ0v) is 11.0. The molecule has 1 saturated carbocycles.